The van der Waals surface area contributed by atoms with Crippen molar-refractivity contribution < 1.29 is 9.53 Å². The molecule has 0 heterocycles. The molecular formula is C16H26N2O2. The van der Waals surface area contributed by atoms with Crippen molar-refractivity contribution in [3.63, 3.8) is 0 Å². The van der Waals surface area contributed by atoms with E-state index in [0.29, 0.717) is 12.5 Å². The first kappa shape index (κ1) is 16.5. The van der Waals surface area contributed by atoms with Gasteiger partial charge in [-0.1, -0.05) is 32.9 Å². The summed E-state index contributed by atoms with van der Waals surface area (Å²) in [6.45, 7) is 10.4. The van der Waals surface area contributed by atoms with Gasteiger partial charge in [0, 0.05) is 13.1 Å². The van der Waals surface area contributed by atoms with Gasteiger partial charge in [0.25, 0.3) is 5.91 Å². The van der Waals surface area contributed by atoms with Crippen molar-refractivity contribution in [3.05, 3.63) is 29.8 Å². The second-order valence-electron chi connectivity index (χ2n) is 5.13. The lowest BCUT2D eigenvalue weighted by Gasteiger charge is -2.16. The summed E-state index contributed by atoms with van der Waals surface area (Å²) in [5, 5.41) is 6.01. The van der Waals surface area contributed by atoms with Crippen LogP contribution in [0.4, 0.5) is 0 Å². The van der Waals surface area contributed by atoms with E-state index in [1.165, 1.54) is 5.56 Å². The van der Waals surface area contributed by atoms with Crippen LogP contribution in [0.1, 0.15) is 39.2 Å². The fraction of sp³-hybridized carbons (Fsp3) is 0.562. The highest BCUT2D eigenvalue weighted by Crippen LogP contribution is 2.20. The molecule has 1 amide bonds. The highest BCUT2D eigenvalue weighted by atomic mass is 16.5. The fourth-order valence-electron chi connectivity index (χ4n) is 1.80. The minimum atomic E-state index is -0.487. The van der Waals surface area contributed by atoms with E-state index in [4.69, 9.17) is 4.74 Å². The van der Waals surface area contributed by atoms with E-state index in [9.17, 15) is 4.79 Å². The summed E-state index contributed by atoms with van der Waals surface area (Å²) in [5.74, 6) is 1.10. The maximum atomic E-state index is 11.9. The van der Waals surface area contributed by atoms with Crippen molar-refractivity contribution in [3.8, 4) is 5.75 Å². The first-order chi connectivity index (χ1) is 9.54. The number of carbonyl (C=O) groups excluding carboxylic acids is 1. The third-order valence-electron chi connectivity index (χ3n) is 3.06. The molecule has 0 aliphatic heterocycles. The molecule has 4 nitrogen and oxygen atoms in total. The Morgan fingerprint density at radius 3 is 2.65 bits per heavy atom. The lowest BCUT2D eigenvalue weighted by atomic mass is 10.0. The van der Waals surface area contributed by atoms with Crippen molar-refractivity contribution in [2.45, 2.75) is 39.7 Å². The molecule has 0 radical (unpaired) electrons. The van der Waals surface area contributed by atoms with Crippen LogP contribution in [-0.4, -0.2) is 31.6 Å². The van der Waals surface area contributed by atoms with Gasteiger partial charge in [0.15, 0.2) is 6.10 Å². The van der Waals surface area contributed by atoms with Gasteiger partial charge in [0.1, 0.15) is 5.75 Å². The van der Waals surface area contributed by atoms with Crippen LogP contribution >= 0.6 is 0 Å². The van der Waals surface area contributed by atoms with Gasteiger partial charge in [-0.2, -0.15) is 0 Å². The van der Waals surface area contributed by atoms with Gasteiger partial charge in [-0.3, -0.25) is 4.79 Å². The maximum Gasteiger partial charge on any atom is 0.260 e. The minimum Gasteiger partial charge on any atom is -0.481 e. The molecule has 0 saturated carbocycles. The lowest BCUT2D eigenvalue weighted by molar-refractivity contribution is -0.127. The van der Waals surface area contributed by atoms with E-state index in [1.807, 2.05) is 25.1 Å². The molecule has 4 heteroatoms. The third kappa shape index (κ3) is 5.61. The summed E-state index contributed by atoms with van der Waals surface area (Å²) >= 11 is 0. The number of ether oxygens (including phenoxy) is 1. The van der Waals surface area contributed by atoms with E-state index in [-0.39, 0.29) is 5.91 Å². The highest BCUT2D eigenvalue weighted by molar-refractivity contribution is 5.80. The molecule has 112 valence electrons. The Labute approximate surface area is 121 Å². The minimum absolute atomic E-state index is 0.0853. The number of benzene rings is 1. The summed E-state index contributed by atoms with van der Waals surface area (Å²) in [5.41, 5.74) is 1.21. The molecule has 1 atom stereocenters. The standard InChI is InChI=1S/C16H26N2O2/c1-5-17-9-10-18-16(19)13(4)20-15-8-6-7-14(11-15)12(2)3/h6-8,11-13,17H,5,9-10H2,1-4H3,(H,18,19). The number of hydrogen-bond acceptors (Lipinski definition) is 3. The van der Waals surface area contributed by atoms with Crippen LogP contribution < -0.4 is 15.4 Å². The molecule has 0 fully saturated rings. The van der Waals surface area contributed by atoms with Gasteiger partial charge in [-0.05, 0) is 37.1 Å². The average Bonchev–Trinajstić information content (AvgIpc) is 2.43. The molecule has 0 saturated heterocycles. The normalized spacial score (nSPS) is 12.2. The van der Waals surface area contributed by atoms with Crippen molar-refractivity contribution in [1.29, 1.82) is 0 Å². The molecule has 0 bridgehead atoms. The SMILES string of the molecule is CCNCCNC(=O)C(C)Oc1cccc(C(C)C)c1. The Balaban J connectivity index is 2.46. The second-order valence-corrected chi connectivity index (χ2v) is 5.13. The number of likely N-dealkylation sites (N-methyl/N-ethyl adjacent to an activating group) is 1. The lowest BCUT2D eigenvalue weighted by Crippen LogP contribution is -2.39. The second kappa shape index (κ2) is 8.59. The molecule has 1 aromatic carbocycles. The van der Waals surface area contributed by atoms with E-state index < -0.39 is 6.10 Å². The third-order valence-corrected chi connectivity index (χ3v) is 3.06. The molecule has 20 heavy (non-hydrogen) atoms. The first-order valence-corrected chi connectivity index (χ1v) is 7.29. The summed E-state index contributed by atoms with van der Waals surface area (Å²) in [6.07, 6.45) is -0.487. The molecular weight excluding hydrogens is 252 g/mol. The van der Waals surface area contributed by atoms with Crippen LogP contribution in [0.5, 0.6) is 5.75 Å². The van der Waals surface area contributed by atoms with Crippen molar-refractivity contribution >= 4 is 5.91 Å². The predicted molar refractivity (Wildman–Crippen MR) is 82.2 cm³/mol. The number of rotatable bonds is 8. The first-order valence-electron chi connectivity index (χ1n) is 7.29. The Kier molecular flexibility index (Phi) is 7.09. The molecule has 1 rings (SSSR count). The van der Waals surface area contributed by atoms with Gasteiger partial charge in [-0.15, -0.1) is 0 Å². The Hall–Kier alpha value is -1.55. The van der Waals surface area contributed by atoms with Crippen molar-refractivity contribution in [1.82, 2.24) is 10.6 Å². The summed E-state index contributed by atoms with van der Waals surface area (Å²) in [4.78, 5) is 11.9. The molecule has 0 aliphatic rings. The number of hydrogen-bond donors (Lipinski definition) is 2. The van der Waals surface area contributed by atoms with Crippen LogP contribution in [0.3, 0.4) is 0 Å². The Morgan fingerprint density at radius 2 is 2.00 bits per heavy atom. The van der Waals surface area contributed by atoms with E-state index in [1.54, 1.807) is 6.92 Å². The molecule has 0 aromatic heterocycles. The summed E-state index contributed by atoms with van der Waals surface area (Å²) in [6, 6.07) is 7.90. The smallest absolute Gasteiger partial charge is 0.260 e. The molecule has 2 N–H and O–H groups in total. The molecule has 1 unspecified atom stereocenters. The van der Waals surface area contributed by atoms with Gasteiger partial charge < -0.3 is 15.4 Å². The van der Waals surface area contributed by atoms with Crippen LogP contribution in [0, 0.1) is 0 Å². The van der Waals surface area contributed by atoms with Crippen LogP contribution in [0.2, 0.25) is 0 Å². The zero-order valence-corrected chi connectivity index (χ0v) is 12.9. The predicted octanol–water partition coefficient (Wildman–Crippen LogP) is 2.30. The van der Waals surface area contributed by atoms with Gasteiger partial charge in [-0.25, -0.2) is 0 Å². The number of nitrogens with one attached hydrogen (secondary N) is 2. The number of carbonyl (C=O) groups is 1. The zero-order valence-electron chi connectivity index (χ0n) is 12.9. The van der Waals surface area contributed by atoms with E-state index >= 15 is 0 Å². The summed E-state index contributed by atoms with van der Waals surface area (Å²) < 4.78 is 5.69. The van der Waals surface area contributed by atoms with Crippen molar-refractivity contribution in [2.75, 3.05) is 19.6 Å². The van der Waals surface area contributed by atoms with E-state index in [0.717, 1.165) is 18.8 Å². The molecule has 0 spiro atoms. The molecule has 0 aliphatic carbocycles. The van der Waals surface area contributed by atoms with Gasteiger partial charge >= 0.3 is 0 Å². The van der Waals surface area contributed by atoms with Crippen LogP contribution in [0.25, 0.3) is 0 Å². The largest absolute Gasteiger partial charge is 0.481 e. The van der Waals surface area contributed by atoms with Gasteiger partial charge in [0.2, 0.25) is 0 Å². The maximum absolute atomic E-state index is 11.9. The topological polar surface area (TPSA) is 50.4 Å². The van der Waals surface area contributed by atoms with Crippen LogP contribution in [0.15, 0.2) is 24.3 Å². The summed E-state index contributed by atoms with van der Waals surface area (Å²) in [7, 11) is 0. The number of amides is 1. The fourth-order valence-corrected chi connectivity index (χ4v) is 1.80. The quantitative estimate of drug-likeness (QED) is 0.717. The van der Waals surface area contributed by atoms with Crippen molar-refractivity contribution in [2.24, 2.45) is 0 Å². The Bertz CT molecular complexity index is 419. The average molecular weight is 278 g/mol. The Morgan fingerprint density at radius 1 is 1.25 bits per heavy atom. The highest BCUT2D eigenvalue weighted by Gasteiger charge is 2.14. The van der Waals surface area contributed by atoms with Gasteiger partial charge in [0.05, 0.1) is 0 Å². The zero-order chi connectivity index (χ0) is 15.0. The van der Waals surface area contributed by atoms with Crippen LogP contribution in [-0.2, 0) is 4.79 Å². The van der Waals surface area contributed by atoms with E-state index in [2.05, 4.69) is 30.5 Å². The molecule has 1 aromatic rings. The monoisotopic (exact) mass is 278 g/mol.